The number of hydrogen-bond acceptors (Lipinski definition) is 3. The molecule has 32 heavy (non-hydrogen) atoms. The summed E-state index contributed by atoms with van der Waals surface area (Å²) in [4.78, 5) is 15.9. The van der Waals surface area contributed by atoms with E-state index in [-0.39, 0.29) is 24.0 Å². The van der Waals surface area contributed by atoms with Gasteiger partial charge in [-0.1, -0.05) is 30.3 Å². The molecule has 4 rings (SSSR count). The van der Waals surface area contributed by atoms with Crippen molar-refractivity contribution in [1.29, 1.82) is 0 Å². The standard InChI is InChI=1S/C23H18F3N5O/c24-23(25,26)21-13-20(17-5-4-12-27-15-17)30-31(21)19-10-8-16(9-11-19)14-28-22(32)29-18-6-2-1-3-7-18/h1-13,15H,14H2,(H2,28,29,32). The Bertz CT molecular complexity index is 1190. The molecule has 0 bridgehead atoms. The number of aromatic nitrogens is 3. The maximum Gasteiger partial charge on any atom is 0.433 e. The third-order valence-corrected chi connectivity index (χ3v) is 4.62. The second kappa shape index (κ2) is 8.93. The molecule has 2 amide bonds. The van der Waals surface area contributed by atoms with E-state index in [1.54, 1.807) is 48.5 Å². The van der Waals surface area contributed by atoms with E-state index in [1.165, 1.54) is 24.5 Å². The van der Waals surface area contributed by atoms with Gasteiger partial charge in [-0.25, -0.2) is 9.48 Å². The zero-order chi connectivity index (χ0) is 22.6. The molecular weight excluding hydrogens is 419 g/mol. The number of pyridine rings is 1. The minimum Gasteiger partial charge on any atom is -0.334 e. The van der Waals surface area contributed by atoms with Crippen LogP contribution in [-0.4, -0.2) is 20.8 Å². The maximum absolute atomic E-state index is 13.6. The van der Waals surface area contributed by atoms with Crippen molar-refractivity contribution in [2.75, 3.05) is 5.32 Å². The lowest BCUT2D eigenvalue weighted by atomic mass is 10.2. The van der Waals surface area contributed by atoms with Crippen molar-refractivity contribution in [3.05, 3.63) is 96.4 Å². The quantitative estimate of drug-likeness (QED) is 0.447. The fourth-order valence-corrected chi connectivity index (χ4v) is 3.07. The minimum atomic E-state index is -4.58. The molecule has 0 fully saturated rings. The number of para-hydroxylation sites is 1. The summed E-state index contributed by atoms with van der Waals surface area (Å²) in [5.74, 6) is 0. The first-order valence-corrected chi connectivity index (χ1v) is 9.67. The molecular formula is C23H18F3N5O. The van der Waals surface area contributed by atoms with Gasteiger partial charge in [-0.3, -0.25) is 4.98 Å². The zero-order valence-corrected chi connectivity index (χ0v) is 16.7. The van der Waals surface area contributed by atoms with E-state index in [9.17, 15) is 18.0 Å². The molecule has 0 radical (unpaired) electrons. The number of rotatable bonds is 5. The summed E-state index contributed by atoms with van der Waals surface area (Å²) >= 11 is 0. The molecule has 2 heterocycles. The second-order valence-corrected chi connectivity index (χ2v) is 6.91. The Labute approximate surface area is 181 Å². The van der Waals surface area contributed by atoms with Gasteiger partial charge in [0.1, 0.15) is 5.69 Å². The molecule has 9 heteroatoms. The Morgan fingerprint density at radius 3 is 2.38 bits per heavy atom. The van der Waals surface area contributed by atoms with Gasteiger partial charge in [-0.15, -0.1) is 0 Å². The lowest BCUT2D eigenvalue weighted by Crippen LogP contribution is -2.28. The van der Waals surface area contributed by atoms with Gasteiger partial charge in [0.05, 0.1) is 11.4 Å². The summed E-state index contributed by atoms with van der Waals surface area (Å²) in [5.41, 5.74) is 1.42. The number of nitrogens with one attached hydrogen (secondary N) is 2. The van der Waals surface area contributed by atoms with Gasteiger partial charge in [0, 0.05) is 30.2 Å². The van der Waals surface area contributed by atoms with Gasteiger partial charge < -0.3 is 10.6 Å². The molecule has 0 aliphatic rings. The molecule has 0 aliphatic heterocycles. The van der Waals surface area contributed by atoms with E-state index in [1.807, 2.05) is 6.07 Å². The fraction of sp³-hybridized carbons (Fsp3) is 0.0870. The summed E-state index contributed by atoms with van der Waals surface area (Å²) in [5, 5.41) is 9.55. The first kappa shape index (κ1) is 21.1. The Balaban J connectivity index is 1.50. The first-order valence-electron chi connectivity index (χ1n) is 9.67. The molecule has 162 valence electrons. The second-order valence-electron chi connectivity index (χ2n) is 6.91. The highest BCUT2D eigenvalue weighted by Crippen LogP contribution is 2.34. The Morgan fingerprint density at radius 2 is 1.72 bits per heavy atom. The van der Waals surface area contributed by atoms with Crippen LogP contribution in [0.15, 0.2) is 85.2 Å². The Hall–Kier alpha value is -4.14. The van der Waals surface area contributed by atoms with Crippen molar-refractivity contribution in [3.8, 4) is 16.9 Å². The van der Waals surface area contributed by atoms with E-state index in [0.717, 1.165) is 16.3 Å². The van der Waals surface area contributed by atoms with Crippen molar-refractivity contribution in [2.45, 2.75) is 12.7 Å². The monoisotopic (exact) mass is 437 g/mol. The van der Waals surface area contributed by atoms with Crippen molar-refractivity contribution >= 4 is 11.7 Å². The SMILES string of the molecule is O=C(NCc1ccc(-n2nc(-c3cccnc3)cc2C(F)(F)F)cc1)Nc1ccccc1. The number of benzene rings is 2. The van der Waals surface area contributed by atoms with Crippen LogP contribution in [0.1, 0.15) is 11.3 Å². The number of hydrogen-bond donors (Lipinski definition) is 2. The summed E-state index contributed by atoms with van der Waals surface area (Å²) in [6.07, 6.45) is -1.58. The van der Waals surface area contributed by atoms with Crippen LogP contribution < -0.4 is 10.6 Å². The molecule has 6 nitrogen and oxygen atoms in total. The third kappa shape index (κ3) is 4.94. The minimum absolute atomic E-state index is 0.175. The maximum atomic E-state index is 13.6. The number of halogens is 3. The van der Waals surface area contributed by atoms with Crippen LogP contribution in [0.5, 0.6) is 0 Å². The molecule has 4 aromatic rings. The number of carbonyl (C=O) groups is 1. The number of amides is 2. The summed E-state index contributed by atoms with van der Waals surface area (Å²) in [6.45, 7) is 0.213. The van der Waals surface area contributed by atoms with Crippen LogP contribution in [0, 0.1) is 0 Å². The molecule has 0 saturated heterocycles. The van der Waals surface area contributed by atoms with E-state index >= 15 is 0 Å². The number of carbonyl (C=O) groups excluding carboxylic acids is 1. The van der Waals surface area contributed by atoms with Gasteiger partial charge in [-0.2, -0.15) is 18.3 Å². The van der Waals surface area contributed by atoms with Crippen LogP contribution in [0.2, 0.25) is 0 Å². The number of nitrogens with zero attached hydrogens (tertiary/aromatic N) is 3. The average Bonchev–Trinajstić information content (AvgIpc) is 3.26. The molecule has 2 aromatic carbocycles. The summed E-state index contributed by atoms with van der Waals surface area (Å²) < 4.78 is 41.7. The van der Waals surface area contributed by atoms with Crippen LogP contribution >= 0.6 is 0 Å². The molecule has 0 atom stereocenters. The predicted octanol–water partition coefficient (Wildman–Crippen LogP) is 5.27. The molecule has 2 aromatic heterocycles. The van der Waals surface area contributed by atoms with Gasteiger partial charge in [-0.05, 0) is 48.0 Å². The summed E-state index contributed by atoms with van der Waals surface area (Å²) in [6, 6.07) is 19.2. The van der Waals surface area contributed by atoms with E-state index in [4.69, 9.17) is 0 Å². The van der Waals surface area contributed by atoms with Gasteiger partial charge >= 0.3 is 12.2 Å². The van der Waals surface area contributed by atoms with Crippen LogP contribution in [0.3, 0.4) is 0 Å². The van der Waals surface area contributed by atoms with E-state index < -0.39 is 11.9 Å². The van der Waals surface area contributed by atoms with Gasteiger partial charge in [0.25, 0.3) is 0 Å². The highest BCUT2D eigenvalue weighted by Gasteiger charge is 2.36. The average molecular weight is 437 g/mol. The lowest BCUT2D eigenvalue weighted by Gasteiger charge is -2.11. The highest BCUT2D eigenvalue weighted by atomic mass is 19.4. The van der Waals surface area contributed by atoms with Crippen molar-refractivity contribution in [3.63, 3.8) is 0 Å². The predicted molar refractivity (Wildman–Crippen MR) is 114 cm³/mol. The largest absolute Gasteiger partial charge is 0.433 e. The van der Waals surface area contributed by atoms with Crippen LogP contribution in [0.4, 0.5) is 23.7 Å². The number of alkyl halides is 3. The smallest absolute Gasteiger partial charge is 0.334 e. The highest BCUT2D eigenvalue weighted by molar-refractivity contribution is 5.89. The molecule has 0 aliphatic carbocycles. The van der Waals surface area contributed by atoms with Gasteiger partial charge in [0.15, 0.2) is 0 Å². The van der Waals surface area contributed by atoms with Crippen molar-refractivity contribution < 1.29 is 18.0 Å². The van der Waals surface area contributed by atoms with Crippen LogP contribution in [-0.2, 0) is 12.7 Å². The normalized spacial score (nSPS) is 11.2. The third-order valence-electron chi connectivity index (χ3n) is 4.62. The van der Waals surface area contributed by atoms with Gasteiger partial charge in [0.2, 0.25) is 0 Å². The van der Waals surface area contributed by atoms with Crippen LogP contribution in [0.25, 0.3) is 16.9 Å². The number of urea groups is 1. The molecule has 0 spiro atoms. The molecule has 0 saturated carbocycles. The van der Waals surface area contributed by atoms with E-state index in [2.05, 4.69) is 20.7 Å². The fourth-order valence-electron chi connectivity index (χ4n) is 3.07. The Morgan fingerprint density at radius 1 is 0.969 bits per heavy atom. The first-order chi connectivity index (χ1) is 15.4. The molecule has 0 unspecified atom stereocenters. The van der Waals surface area contributed by atoms with E-state index in [0.29, 0.717) is 11.3 Å². The van der Waals surface area contributed by atoms with Crippen molar-refractivity contribution in [1.82, 2.24) is 20.1 Å². The number of anilines is 1. The molecule has 2 N–H and O–H groups in total. The zero-order valence-electron chi connectivity index (χ0n) is 16.7. The Kier molecular flexibility index (Phi) is 5.89. The topological polar surface area (TPSA) is 71.8 Å². The van der Waals surface area contributed by atoms with Crippen molar-refractivity contribution in [2.24, 2.45) is 0 Å². The lowest BCUT2D eigenvalue weighted by molar-refractivity contribution is -0.142. The summed E-state index contributed by atoms with van der Waals surface area (Å²) in [7, 11) is 0.